The highest BCUT2D eigenvalue weighted by molar-refractivity contribution is 7.15. The van der Waals surface area contributed by atoms with Crippen LogP contribution in [-0.4, -0.2) is 28.6 Å². The summed E-state index contributed by atoms with van der Waals surface area (Å²) in [5, 5.41) is 4.21. The van der Waals surface area contributed by atoms with Crippen LogP contribution in [0.25, 0.3) is 10.7 Å². The number of hydrogen-bond acceptors (Lipinski definition) is 6. The van der Waals surface area contributed by atoms with Gasteiger partial charge in [0.25, 0.3) is 0 Å². The summed E-state index contributed by atoms with van der Waals surface area (Å²) in [5.74, 6) is 0.557. The topological polar surface area (TPSA) is 59.9 Å². The first-order chi connectivity index (χ1) is 8.74. The van der Waals surface area contributed by atoms with Crippen molar-refractivity contribution in [1.29, 1.82) is 0 Å². The van der Waals surface area contributed by atoms with Gasteiger partial charge in [-0.05, 0) is 13.5 Å². The molecule has 0 aliphatic rings. The highest BCUT2D eigenvalue weighted by atomic mass is 32.1. The van der Waals surface area contributed by atoms with Crippen LogP contribution in [0.1, 0.15) is 17.5 Å². The van der Waals surface area contributed by atoms with Crippen molar-refractivity contribution in [2.24, 2.45) is 0 Å². The molecule has 0 bridgehead atoms. The van der Waals surface area contributed by atoms with Crippen LogP contribution in [0.4, 0.5) is 0 Å². The van der Waals surface area contributed by atoms with Gasteiger partial charge in [0.05, 0.1) is 12.8 Å². The van der Waals surface area contributed by atoms with Gasteiger partial charge in [-0.2, -0.15) is 0 Å². The molecule has 6 heteroatoms. The molecule has 0 amide bonds. The Labute approximate surface area is 110 Å². The largest absolute Gasteiger partial charge is 0.481 e. The molecule has 0 fully saturated rings. The number of nitrogens with one attached hydrogen (secondary N) is 1. The molecule has 0 saturated carbocycles. The minimum atomic E-state index is 0.557. The summed E-state index contributed by atoms with van der Waals surface area (Å²) < 4.78 is 5.09. The van der Waals surface area contributed by atoms with Gasteiger partial charge >= 0.3 is 0 Å². The molecule has 1 N–H and O–H groups in total. The van der Waals surface area contributed by atoms with Gasteiger partial charge in [-0.3, -0.25) is 0 Å². The monoisotopic (exact) mass is 264 g/mol. The van der Waals surface area contributed by atoms with Crippen molar-refractivity contribution in [1.82, 2.24) is 20.3 Å². The first-order valence-corrected chi connectivity index (χ1v) is 6.59. The van der Waals surface area contributed by atoms with Gasteiger partial charge in [-0.25, -0.2) is 15.0 Å². The zero-order chi connectivity index (χ0) is 13.0. The van der Waals surface area contributed by atoms with Gasteiger partial charge < -0.3 is 10.1 Å². The molecule has 18 heavy (non-hydrogen) atoms. The Morgan fingerprint density at radius 2 is 2.22 bits per heavy atom. The molecule has 0 saturated heterocycles. The van der Waals surface area contributed by atoms with E-state index in [1.165, 1.54) is 11.2 Å². The van der Waals surface area contributed by atoms with Crippen LogP contribution in [0, 0.1) is 6.92 Å². The van der Waals surface area contributed by atoms with Crippen molar-refractivity contribution in [2.75, 3.05) is 13.7 Å². The summed E-state index contributed by atoms with van der Waals surface area (Å²) in [4.78, 5) is 14.0. The van der Waals surface area contributed by atoms with Crippen molar-refractivity contribution in [2.45, 2.75) is 20.4 Å². The molecule has 0 atom stereocenters. The summed E-state index contributed by atoms with van der Waals surface area (Å²) in [6.07, 6.45) is 1.49. The van der Waals surface area contributed by atoms with Crippen LogP contribution in [0.5, 0.6) is 5.88 Å². The van der Waals surface area contributed by atoms with Crippen LogP contribution in [0.2, 0.25) is 0 Å². The third-order valence-electron chi connectivity index (χ3n) is 2.50. The minimum Gasteiger partial charge on any atom is -0.481 e. The van der Waals surface area contributed by atoms with Crippen molar-refractivity contribution >= 4 is 11.3 Å². The standard InChI is InChI=1S/C12H16N4OS/c1-4-13-6-10-8(2)16-12(18-10)9-5-11(17-3)15-7-14-9/h5,7,13H,4,6H2,1-3H3. The summed E-state index contributed by atoms with van der Waals surface area (Å²) in [7, 11) is 1.59. The van der Waals surface area contributed by atoms with E-state index in [0.29, 0.717) is 5.88 Å². The van der Waals surface area contributed by atoms with E-state index in [1.807, 2.05) is 6.92 Å². The fraction of sp³-hybridized carbons (Fsp3) is 0.417. The highest BCUT2D eigenvalue weighted by Crippen LogP contribution is 2.27. The van der Waals surface area contributed by atoms with Crippen LogP contribution in [0.15, 0.2) is 12.4 Å². The second-order valence-electron chi connectivity index (χ2n) is 3.75. The van der Waals surface area contributed by atoms with E-state index >= 15 is 0 Å². The van der Waals surface area contributed by atoms with E-state index in [0.717, 1.165) is 29.5 Å². The van der Waals surface area contributed by atoms with Crippen molar-refractivity contribution < 1.29 is 4.74 Å². The Hall–Kier alpha value is -1.53. The average molecular weight is 264 g/mol. The fourth-order valence-electron chi connectivity index (χ4n) is 1.51. The lowest BCUT2D eigenvalue weighted by molar-refractivity contribution is 0.397. The quantitative estimate of drug-likeness (QED) is 0.895. The number of hydrogen-bond donors (Lipinski definition) is 1. The van der Waals surface area contributed by atoms with Crippen LogP contribution in [0.3, 0.4) is 0 Å². The molecule has 2 rings (SSSR count). The Balaban J connectivity index is 2.27. The number of thiazole rings is 1. The van der Waals surface area contributed by atoms with E-state index in [-0.39, 0.29) is 0 Å². The normalized spacial score (nSPS) is 10.6. The molecule has 2 aromatic heterocycles. The van der Waals surface area contributed by atoms with Gasteiger partial charge in [-0.1, -0.05) is 6.92 Å². The third-order valence-corrected chi connectivity index (χ3v) is 3.68. The predicted molar refractivity (Wildman–Crippen MR) is 71.8 cm³/mol. The van der Waals surface area contributed by atoms with E-state index in [2.05, 4.69) is 27.2 Å². The Morgan fingerprint density at radius 3 is 2.94 bits per heavy atom. The molecule has 96 valence electrons. The smallest absolute Gasteiger partial charge is 0.216 e. The lowest BCUT2D eigenvalue weighted by Crippen LogP contribution is -2.11. The van der Waals surface area contributed by atoms with Crippen molar-refractivity contribution in [3.63, 3.8) is 0 Å². The van der Waals surface area contributed by atoms with E-state index < -0.39 is 0 Å². The van der Waals surface area contributed by atoms with Gasteiger partial charge in [0.1, 0.15) is 17.0 Å². The molecule has 0 aliphatic heterocycles. The Kier molecular flexibility index (Phi) is 4.22. The minimum absolute atomic E-state index is 0.557. The first-order valence-electron chi connectivity index (χ1n) is 5.78. The number of aromatic nitrogens is 3. The number of nitrogens with zero attached hydrogens (tertiary/aromatic N) is 3. The first kappa shape index (κ1) is 12.9. The zero-order valence-corrected chi connectivity index (χ0v) is 11.5. The zero-order valence-electron chi connectivity index (χ0n) is 10.7. The van der Waals surface area contributed by atoms with Gasteiger partial charge in [-0.15, -0.1) is 11.3 Å². The third kappa shape index (κ3) is 2.83. The fourth-order valence-corrected chi connectivity index (χ4v) is 2.51. The second kappa shape index (κ2) is 5.88. The SMILES string of the molecule is CCNCc1sc(-c2cc(OC)ncn2)nc1C. The molecule has 0 aromatic carbocycles. The number of ether oxygens (including phenoxy) is 1. The summed E-state index contributed by atoms with van der Waals surface area (Å²) >= 11 is 1.65. The highest BCUT2D eigenvalue weighted by Gasteiger charge is 2.11. The average Bonchev–Trinajstić information content (AvgIpc) is 2.78. The number of aryl methyl sites for hydroxylation is 1. The molecular weight excluding hydrogens is 248 g/mol. The van der Waals surface area contributed by atoms with Crippen LogP contribution in [-0.2, 0) is 6.54 Å². The molecule has 0 aliphatic carbocycles. The maximum atomic E-state index is 5.09. The lowest BCUT2D eigenvalue weighted by Gasteiger charge is -1.99. The predicted octanol–water partition coefficient (Wildman–Crippen LogP) is 2.03. The number of rotatable bonds is 5. The second-order valence-corrected chi connectivity index (χ2v) is 4.84. The van der Waals surface area contributed by atoms with E-state index in [1.54, 1.807) is 24.5 Å². The van der Waals surface area contributed by atoms with Gasteiger partial charge in [0.2, 0.25) is 5.88 Å². The Morgan fingerprint density at radius 1 is 1.39 bits per heavy atom. The number of methoxy groups -OCH3 is 1. The van der Waals surface area contributed by atoms with E-state index in [4.69, 9.17) is 4.74 Å². The van der Waals surface area contributed by atoms with Crippen molar-refractivity contribution in [3.05, 3.63) is 23.0 Å². The maximum absolute atomic E-state index is 5.09. The molecule has 2 heterocycles. The molecule has 0 spiro atoms. The van der Waals surface area contributed by atoms with Crippen LogP contribution < -0.4 is 10.1 Å². The molecule has 2 aromatic rings. The molecule has 0 radical (unpaired) electrons. The molecule has 5 nitrogen and oxygen atoms in total. The maximum Gasteiger partial charge on any atom is 0.216 e. The molecular formula is C12H16N4OS. The van der Waals surface area contributed by atoms with E-state index in [9.17, 15) is 0 Å². The summed E-state index contributed by atoms with van der Waals surface area (Å²) in [5.41, 5.74) is 1.85. The summed E-state index contributed by atoms with van der Waals surface area (Å²) in [6.45, 7) is 5.91. The van der Waals surface area contributed by atoms with Gasteiger partial charge in [0, 0.05) is 17.5 Å². The van der Waals surface area contributed by atoms with Gasteiger partial charge in [0.15, 0.2) is 0 Å². The summed E-state index contributed by atoms with van der Waals surface area (Å²) in [6, 6.07) is 1.80. The molecule has 0 unspecified atom stereocenters. The Bertz CT molecular complexity index is 527. The lowest BCUT2D eigenvalue weighted by atomic mass is 10.4. The van der Waals surface area contributed by atoms with Crippen molar-refractivity contribution in [3.8, 4) is 16.6 Å². The van der Waals surface area contributed by atoms with Crippen LogP contribution >= 0.6 is 11.3 Å².